The Morgan fingerprint density at radius 2 is 1.92 bits per heavy atom. The van der Waals surface area contributed by atoms with Gasteiger partial charge in [-0.2, -0.15) is 5.10 Å². The molecule has 7 nitrogen and oxygen atoms in total. The number of hydrazone groups is 1. The van der Waals surface area contributed by atoms with Gasteiger partial charge in [-0.3, -0.25) is 4.79 Å². The van der Waals surface area contributed by atoms with Crippen molar-refractivity contribution in [2.45, 2.75) is 0 Å². The summed E-state index contributed by atoms with van der Waals surface area (Å²) in [5.41, 5.74) is 3.19. The van der Waals surface area contributed by atoms with Crippen LogP contribution in [0.4, 0.5) is 10.5 Å². The molecule has 0 atom stereocenters. The highest BCUT2D eigenvalue weighted by Crippen LogP contribution is 2.29. The lowest BCUT2D eigenvalue weighted by molar-refractivity contribution is -0.120. The molecule has 25 heavy (non-hydrogen) atoms. The van der Waals surface area contributed by atoms with Gasteiger partial charge in [-0.25, -0.2) is 10.2 Å². The quantitative estimate of drug-likeness (QED) is 0.473. The lowest BCUT2D eigenvalue weighted by atomic mass is 10.2. The van der Waals surface area contributed by atoms with Crippen molar-refractivity contribution in [2.24, 2.45) is 5.10 Å². The first-order valence-corrected chi connectivity index (χ1v) is 7.81. The van der Waals surface area contributed by atoms with E-state index >= 15 is 0 Å². The monoisotopic (exact) mass is 380 g/mol. The third-order valence-electron chi connectivity index (χ3n) is 2.88. The summed E-state index contributed by atoms with van der Waals surface area (Å²) in [7, 11) is 0. The molecule has 0 bridgehead atoms. The highest BCUT2D eigenvalue weighted by molar-refractivity contribution is 6.43. The van der Waals surface area contributed by atoms with E-state index < -0.39 is 11.9 Å². The molecule has 0 aliphatic carbocycles. The average molecular weight is 381 g/mol. The molecule has 4 N–H and O–H groups in total. The topological polar surface area (TPSA) is 103 Å². The Labute approximate surface area is 153 Å². The number of nitrogens with one attached hydrogen (secondary N) is 3. The van der Waals surface area contributed by atoms with Crippen molar-refractivity contribution < 1.29 is 14.7 Å². The van der Waals surface area contributed by atoms with Gasteiger partial charge < -0.3 is 15.7 Å². The number of anilines is 1. The minimum atomic E-state index is -0.615. The smallest absolute Gasteiger partial charge is 0.319 e. The van der Waals surface area contributed by atoms with Crippen LogP contribution in [0, 0.1) is 0 Å². The predicted molar refractivity (Wildman–Crippen MR) is 97.3 cm³/mol. The summed E-state index contributed by atoms with van der Waals surface area (Å²) in [6, 6.07) is 10.5. The number of phenolic OH excluding ortho intramolecular Hbond substituents is 1. The lowest BCUT2D eigenvalue weighted by Gasteiger charge is -2.09. The third-order valence-corrected chi connectivity index (χ3v) is 3.70. The zero-order valence-corrected chi connectivity index (χ0v) is 14.3. The van der Waals surface area contributed by atoms with Crippen LogP contribution in [0.25, 0.3) is 0 Å². The van der Waals surface area contributed by atoms with Gasteiger partial charge in [0, 0.05) is 0 Å². The molecule has 0 unspecified atom stereocenters. The highest BCUT2D eigenvalue weighted by atomic mass is 35.5. The van der Waals surface area contributed by atoms with Crippen molar-refractivity contribution in [3.63, 3.8) is 0 Å². The minimum Gasteiger partial charge on any atom is -0.508 e. The number of urea groups is 1. The summed E-state index contributed by atoms with van der Waals surface area (Å²) < 4.78 is 0. The van der Waals surface area contributed by atoms with Crippen molar-refractivity contribution in [1.29, 1.82) is 0 Å². The van der Waals surface area contributed by atoms with Gasteiger partial charge in [-0.1, -0.05) is 41.4 Å². The van der Waals surface area contributed by atoms with Gasteiger partial charge in [-0.05, 0) is 29.8 Å². The van der Waals surface area contributed by atoms with Crippen LogP contribution in [0.15, 0.2) is 47.6 Å². The Kier molecular flexibility index (Phi) is 6.62. The first-order chi connectivity index (χ1) is 12.0. The summed E-state index contributed by atoms with van der Waals surface area (Å²) in [5, 5.41) is 18.4. The summed E-state index contributed by atoms with van der Waals surface area (Å²) in [4.78, 5) is 23.4. The van der Waals surface area contributed by atoms with Crippen LogP contribution >= 0.6 is 23.2 Å². The molecule has 0 aromatic heterocycles. The van der Waals surface area contributed by atoms with Crippen molar-refractivity contribution in [2.75, 3.05) is 11.9 Å². The summed E-state index contributed by atoms with van der Waals surface area (Å²) in [6.45, 7) is -0.290. The van der Waals surface area contributed by atoms with Crippen molar-refractivity contribution in [1.82, 2.24) is 10.7 Å². The van der Waals surface area contributed by atoms with E-state index in [4.69, 9.17) is 23.2 Å². The molecule has 0 spiro atoms. The number of aromatic hydroxyl groups is 1. The van der Waals surface area contributed by atoms with Crippen LogP contribution in [-0.2, 0) is 4.79 Å². The SMILES string of the molecule is O=C(CNC(=O)Nc1cccc(Cl)c1Cl)N/N=C/c1cccc(O)c1. The predicted octanol–water partition coefficient (Wildman–Crippen LogP) is 2.97. The van der Waals surface area contributed by atoms with Gasteiger partial charge in [-0.15, -0.1) is 0 Å². The van der Waals surface area contributed by atoms with E-state index in [1.165, 1.54) is 18.3 Å². The number of rotatable bonds is 5. The molecule has 0 heterocycles. The van der Waals surface area contributed by atoms with E-state index in [2.05, 4.69) is 21.2 Å². The number of carbonyl (C=O) groups excluding carboxylic acids is 2. The largest absolute Gasteiger partial charge is 0.508 e. The van der Waals surface area contributed by atoms with Gasteiger partial charge in [0.05, 0.1) is 21.9 Å². The third kappa shape index (κ3) is 5.98. The first-order valence-electron chi connectivity index (χ1n) is 7.05. The zero-order valence-electron chi connectivity index (χ0n) is 12.8. The van der Waals surface area contributed by atoms with Crippen LogP contribution in [0.5, 0.6) is 5.75 Å². The Bertz CT molecular complexity index is 812. The molecule has 2 rings (SSSR count). The standard InChI is InChI=1S/C16H14Cl2N4O3/c17-12-5-2-6-13(15(12)18)21-16(25)19-9-14(24)22-20-8-10-3-1-4-11(23)7-10/h1-8,23H,9H2,(H,22,24)(H2,19,21,25)/b20-8+. The van der Waals surface area contributed by atoms with E-state index in [9.17, 15) is 14.7 Å². The number of hydrogen-bond acceptors (Lipinski definition) is 4. The minimum absolute atomic E-state index is 0.0910. The fraction of sp³-hybridized carbons (Fsp3) is 0.0625. The molecule has 2 aromatic rings. The summed E-state index contributed by atoms with van der Waals surface area (Å²) in [6.07, 6.45) is 1.36. The number of benzene rings is 2. The molecular formula is C16H14Cl2N4O3. The van der Waals surface area contributed by atoms with Crippen molar-refractivity contribution >= 4 is 47.0 Å². The van der Waals surface area contributed by atoms with Gasteiger partial charge in [0.1, 0.15) is 12.3 Å². The van der Waals surface area contributed by atoms with Gasteiger partial charge in [0.15, 0.2) is 0 Å². The fourth-order valence-electron chi connectivity index (χ4n) is 1.75. The second kappa shape index (κ2) is 8.91. The Morgan fingerprint density at radius 1 is 1.16 bits per heavy atom. The molecule has 9 heteroatoms. The average Bonchev–Trinajstić information content (AvgIpc) is 2.57. The number of amides is 3. The Morgan fingerprint density at radius 3 is 2.68 bits per heavy atom. The van der Waals surface area contributed by atoms with Crippen LogP contribution < -0.4 is 16.1 Å². The van der Waals surface area contributed by atoms with E-state index in [1.807, 2.05) is 0 Å². The second-order valence-electron chi connectivity index (χ2n) is 4.80. The fourth-order valence-corrected chi connectivity index (χ4v) is 2.10. The molecule has 130 valence electrons. The maximum absolute atomic E-state index is 11.7. The van der Waals surface area contributed by atoms with Gasteiger partial charge in [0.25, 0.3) is 5.91 Å². The molecule has 0 saturated carbocycles. The summed E-state index contributed by atoms with van der Waals surface area (Å²) in [5.74, 6) is -0.433. The van der Waals surface area contributed by atoms with Crippen molar-refractivity contribution in [3.05, 3.63) is 58.1 Å². The Hall–Kier alpha value is -2.77. The van der Waals surface area contributed by atoms with Crippen LogP contribution in [0.1, 0.15) is 5.56 Å². The van der Waals surface area contributed by atoms with Gasteiger partial charge in [0.2, 0.25) is 0 Å². The molecule has 0 aliphatic heterocycles. The number of nitrogens with zero attached hydrogens (tertiary/aromatic N) is 1. The molecule has 2 aromatic carbocycles. The number of carbonyl (C=O) groups is 2. The van der Waals surface area contributed by atoms with E-state index in [0.29, 0.717) is 16.3 Å². The maximum Gasteiger partial charge on any atom is 0.319 e. The molecule has 0 radical (unpaired) electrons. The summed E-state index contributed by atoms with van der Waals surface area (Å²) >= 11 is 11.8. The number of phenols is 1. The second-order valence-corrected chi connectivity index (χ2v) is 5.58. The first kappa shape index (κ1) is 18.6. The normalized spacial score (nSPS) is 10.5. The number of halogens is 2. The maximum atomic E-state index is 11.7. The van der Waals surface area contributed by atoms with Crippen LogP contribution in [0.2, 0.25) is 10.0 Å². The molecule has 0 saturated heterocycles. The van der Waals surface area contributed by atoms with E-state index in [1.54, 1.807) is 30.3 Å². The molecular weight excluding hydrogens is 367 g/mol. The molecule has 3 amide bonds. The Balaban J connectivity index is 1.77. The van der Waals surface area contributed by atoms with E-state index in [-0.39, 0.29) is 17.3 Å². The van der Waals surface area contributed by atoms with Crippen LogP contribution in [-0.4, -0.2) is 29.8 Å². The zero-order chi connectivity index (χ0) is 18.2. The highest BCUT2D eigenvalue weighted by Gasteiger charge is 2.09. The number of hydrogen-bond donors (Lipinski definition) is 4. The van der Waals surface area contributed by atoms with E-state index in [0.717, 1.165) is 0 Å². The molecule has 0 fully saturated rings. The molecule has 0 aliphatic rings. The van der Waals surface area contributed by atoms with Crippen molar-refractivity contribution in [3.8, 4) is 5.75 Å². The van der Waals surface area contributed by atoms with Gasteiger partial charge >= 0.3 is 6.03 Å². The lowest BCUT2D eigenvalue weighted by Crippen LogP contribution is -2.37. The van der Waals surface area contributed by atoms with Crippen LogP contribution in [0.3, 0.4) is 0 Å².